The smallest absolute Gasteiger partial charge is 0.241 e. The van der Waals surface area contributed by atoms with Gasteiger partial charge in [0.05, 0.1) is 0 Å². The molecule has 0 bridgehead atoms. The lowest BCUT2D eigenvalue weighted by molar-refractivity contribution is -0.123. The largest absolute Gasteiger partial charge is 0.352 e. The highest BCUT2D eigenvalue weighted by Gasteiger charge is 2.23. The number of carbonyl (C=O) groups excluding carboxylic acids is 1. The molecule has 1 aliphatic rings. The van der Waals surface area contributed by atoms with Crippen LogP contribution in [0.2, 0.25) is 0 Å². The highest BCUT2D eigenvalue weighted by Crippen LogP contribution is 2.14. The molecule has 1 heterocycles. The van der Waals surface area contributed by atoms with Gasteiger partial charge in [-0.3, -0.25) is 4.79 Å². The van der Waals surface area contributed by atoms with Crippen molar-refractivity contribution in [3.05, 3.63) is 35.9 Å². The second kappa shape index (κ2) is 7.41. The van der Waals surface area contributed by atoms with Gasteiger partial charge in [0.1, 0.15) is 6.04 Å². The van der Waals surface area contributed by atoms with Gasteiger partial charge in [-0.15, -0.1) is 0 Å². The molecule has 1 amide bonds. The first-order valence-corrected chi connectivity index (χ1v) is 7.54. The number of piperidine rings is 1. The first-order valence-electron chi connectivity index (χ1n) is 7.54. The van der Waals surface area contributed by atoms with E-state index in [0.29, 0.717) is 0 Å². The third kappa shape index (κ3) is 4.05. The molecule has 1 aromatic rings. The lowest BCUT2D eigenvalue weighted by Crippen LogP contribution is -2.47. The van der Waals surface area contributed by atoms with Crippen molar-refractivity contribution in [2.45, 2.75) is 38.3 Å². The summed E-state index contributed by atoms with van der Waals surface area (Å²) in [5.41, 5.74) is 6.88. The Kier molecular flexibility index (Phi) is 5.56. The normalized spacial score (nSPS) is 18.7. The lowest BCUT2D eigenvalue weighted by atomic mass is 10.0. The van der Waals surface area contributed by atoms with Crippen LogP contribution in [-0.4, -0.2) is 36.5 Å². The zero-order valence-electron chi connectivity index (χ0n) is 12.2. The SMILES string of the molecule is CCCN1CCC(NC(=O)C(N)c2ccccc2)CC1. The molecule has 0 spiro atoms. The standard InChI is InChI=1S/C16H25N3O/c1-2-10-19-11-8-14(9-12-19)18-16(20)15(17)13-6-4-3-5-7-13/h3-7,14-15H,2,8-12,17H2,1H3,(H,18,20). The molecule has 4 heteroatoms. The fraction of sp³-hybridized carbons (Fsp3) is 0.562. The second-order valence-corrected chi connectivity index (χ2v) is 5.51. The Labute approximate surface area is 121 Å². The van der Waals surface area contributed by atoms with Gasteiger partial charge in [0.2, 0.25) is 5.91 Å². The fourth-order valence-electron chi connectivity index (χ4n) is 2.72. The maximum atomic E-state index is 12.2. The Morgan fingerprint density at radius 3 is 2.60 bits per heavy atom. The summed E-state index contributed by atoms with van der Waals surface area (Å²) in [5.74, 6) is -0.0647. The zero-order chi connectivity index (χ0) is 14.4. The summed E-state index contributed by atoms with van der Waals surface area (Å²) >= 11 is 0. The van der Waals surface area contributed by atoms with E-state index in [2.05, 4.69) is 17.1 Å². The average molecular weight is 275 g/mol. The molecule has 1 aromatic carbocycles. The molecule has 1 unspecified atom stereocenters. The predicted octanol–water partition coefficient (Wildman–Crippen LogP) is 1.68. The van der Waals surface area contributed by atoms with Crippen LogP contribution < -0.4 is 11.1 Å². The third-order valence-electron chi connectivity index (χ3n) is 3.91. The van der Waals surface area contributed by atoms with Gasteiger partial charge < -0.3 is 16.0 Å². The molecule has 2 rings (SSSR count). The summed E-state index contributed by atoms with van der Waals surface area (Å²) < 4.78 is 0. The average Bonchev–Trinajstić information content (AvgIpc) is 2.49. The molecule has 1 fully saturated rings. The Hall–Kier alpha value is -1.39. The van der Waals surface area contributed by atoms with Crippen LogP contribution in [0.15, 0.2) is 30.3 Å². The van der Waals surface area contributed by atoms with Crippen LogP contribution in [0.3, 0.4) is 0 Å². The van der Waals surface area contributed by atoms with Gasteiger partial charge in [0.25, 0.3) is 0 Å². The van der Waals surface area contributed by atoms with Crippen LogP contribution in [0.5, 0.6) is 0 Å². The number of nitrogens with one attached hydrogen (secondary N) is 1. The van der Waals surface area contributed by atoms with Gasteiger partial charge in [-0.05, 0) is 31.4 Å². The topological polar surface area (TPSA) is 58.4 Å². The first-order chi connectivity index (χ1) is 9.70. The van der Waals surface area contributed by atoms with Gasteiger partial charge >= 0.3 is 0 Å². The Morgan fingerprint density at radius 1 is 1.35 bits per heavy atom. The van der Waals surface area contributed by atoms with Crippen LogP contribution in [0.25, 0.3) is 0 Å². The summed E-state index contributed by atoms with van der Waals surface area (Å²) in [6.07, 6.45) is 3.23. The van der Waals surface area contributed by atoms with Crippen molar-refractivity contribution >= 4 is 5.91 Å². The summed E-state index contributed by atoms with van der Waals surface area (Å²) in [6.45, 7) is 5.50. The van der Waals surface area contributed by atoms with Crippen molar-refractivity contribution in [1.29, 1.82) is 0 Å². The van der Waals surface area contributed by atoms with E-state index in [1.54, 1.807) is 0 Å². The van der Waals surface area contributed by atoms with E-state index in [0.717, 1.165) is 38.0 Å². The quantitative estimate of drug-likeness (QED) is 0.859. The lowest BCUT2D eigenvalue weighted by Gasteiger charge is -2.32. The number of nitrogens with zero attached hydrogens (tertiary/aromatic N) is 1. The van der Waals surface area contributed by atoms with Gasteiger partial charge in [-0.2, -0.15) is 0 Å². The molecule has 1 aliphatic heterocycles. The highest BCUT2D eigenvalue weighted by atomic mass is 16.2. The Morgan fingerprint density at radius 2 is 2.00 bits per heavy atom. The molecule has 3 N–H and O–H groups in total. The van der Waals surface area contributed by atoms with Crippen molar-refractivity contribution < 1.29 is 4.79 Å². The third-order valence-corrected chi connectivity index (χ3v) is 3.91. The van der Waals surface area contributed by atoms with Crippen LogP contribution in [0.1, 0.15) is 37.8 Å². The minimum Gasteiger partial charge on any atom is -0.352 e. The monoisotopic (exact) mass is 275 g/mol. The number of likely N-dealkylation sites (tertiary alicyclic amines) is 1. The number of benzene rings is 1. The molecule has 0 aliphatic carbocycles. The molecular formula is C16H25N3O. The van der Waals surface area contributed by atoms with E-state index in [1.165, 1.54) is 6.42 Å². The van der Waals surface area contributed by atoms with Crippen molar-refractivity contribution in [2.75, 3.05) is 19.6 Å². The number of rotatable bonds is 5. The van der Waals surface area contributed by atoms with E-state index in [4.69, 9.17) is 5.73 Å². The Bertz CT molecular complexity index is 413. The summed E-state index contributed by atoms with van der Waals surface area (Å²) in [4.78, 5) is 14.6. The number of hydrogen-bond donors (Lipinski definition) is 2. The van der Waals surface area contributed by atoms with Gasteiger partial charge in [0.15, 0.2) is 0 Å². The minimum absolute atomic E-state index is 0.0647. The van der Waals surface area contributed by atoms with Crippen molar-refractivity contribution in [2.24, 2.45) is 5.73 Å². The van der Waals surface area contributed by atoms with E-state index in [-0.39, 0.29) is 11.9 Å². The summed E-state index contributed by atoms with van der Waals surface area (Å²) in [7, 11) is 0. The summed E-state index contributed by atoms with van der Waals surface area (Å²) in [6, 6.07) is 9.24. The van der Waals surface area contributed by atoms with Crippen LogP contribution in [-0.2, 0) is 4.79 Å². The number of nitrogens with two attached hydrogens (primary N) is 1. The van der Waals surface area contributed by atoms with Crippen molar-refractivity contribution in [3.8, 4) is 0 Å². The minimum atomic E-state index is -0.565. The van der Waals surface area contributed by atoms with Crippen LogP contribution in [0, 0.1) is 0 Å². The maximum Gasteiger partial charge on any atom is 0.241 e. The molecular weight excluding hydrogens is 250 g/mol. The molecule has 1 atom stereocenters. The van der Waals surface area contributed by atoms with E-state index in [1.807, 2.05) is 30.3 Å². The molecule has 4 nitrogen and oxygen atoms in total. The van der Waals surface area contributed by atoms with Crippen molar-refractivity contribution in [1.82, 2.24) is 10.2 Å². The van der Waals surface area contributed by atoms with E-state index >= 15 is 0 Å². The van der Waals surface area contributed by atoms with Gasteiger partial charge in [-0.25, -0.2) is 0 Å². The van der Waals surface area contributed by atoms with Crippen LogP contribution in [0.4, 0.5) is 0 Å². The molecule has 110 valence electrons. The second-order valence-electron chi connectivity index (χ2n) is 5.51. The molecule has 0 radical (unpaired) electrons. The molecule has 0 aromatic heterocycles. The van der Waals surface area contributed by atoms with Crippen LogP contribution >= 0.6 is 0 Å². The fourth-order valence-corrected chi connectivity index (χ4v) is 2.72. The van der Waals surface area contributed by atoms with Crippen molar-refractivity contribution in [3.63, 3.8) is 0 Å². The summed E-state index contributed by atoms with van der Waals surface area (Å²) in [5, 5.41) is 3.09. The van der Waals surface area contributed by atoms with E-state index < -0.39 is 6.04 Å². The maximum absolute atomic E-state index is 12.2. The predicted molar refractivity (Wildman–Crippen MR) is 81.3 cm³/mol. The first kappa shape index (κ1) is 15.0. The zero-order valence-corrected chi connectivity index (χ0v) is 12.2. The van der Waals surface area contributed by atoms with Gasteiger partial charge in [-0.1, -0.05) is 37.3 Å². The number of amides is 1. The molecule has 20 heavy (non-hydrogen) atoms. The Balaban J connectivity index is 1.81. The highest BCUT2D eigenvalue weighted by molar-refractivity contribution is 5.83. The molecule has 1 saturated heterocycles. The molecule has 0 saturated carbocycles. The van der Waals surface area contributed by atoms with Gasteiger partial charge in [0, 0.05) is 19.1 Å². The van der Waals surface area contributed by atoms with E-state index in [9.17, 15) is 4.79 Å². The number of carbonyl (C=O) groups is 1. The number of hydrogen-bond acceptors (Lipinski definition) is 3.